The molecule has 5 nitrogen and oxygen atoms in total. The van der Waals surface area contributed by atoms with Crippen molar-refractivity contribution < 1.29 is 14.6 Å². The monoisotopic (exact) mass is 242 g/mol. The summed E-state index contributed by atoms with van der Waals surface area (Å²) in [6, 6.07) is 0. The number of hydrogen-bond donors (Lipinski definition) is 2. The maximum atomic E-state index is 11.5. The van der Waals surface area contributed by atoms with Crippen molar-refractivity contribution in [3.8, 4) is 0 Å². The summed E-state index contributed by atoms with van der Waals surface area (Å²) in [7, 11) is 0. The highest BCUT2D eigenvalue weighted by atomic mass is 16.6. The maximum Gasteiger partial charge on any atom is 0.411 e. The van der Waals surface area contributed by atoms with E-state index in [4.69, 9.17) is 4.74 Å². The minimum atomic E-state index is -0.541. The molecule has 0 aromatic heterocycles. The predicted molar refractivity (Wildman–Crippen MR) is 67.9 cm³/mol. The lowest BCUT2D eigenvalue weighted by Crippen LogP contribution is -2.32. The van der Waals surface area contributed by atoms with Crippen LogP contribution in [0.5, 0.6) is 0 Å². The average molecular weight is 242 g/mol. The first-order valence-electron chi connectivity index (χ1n) is 5.57. The summed E-state index contributed by atoms with van der Waals surface area (Å²) in [6.07, 6.45) is 1.54. The maximum absolute atomic E-state index is 11.5. The number of rotatable bonds is 5. The number of hydrogen-bond acceptors (Lipinski definition) is 4. The number of carbonyl (C=O) groups excluding carboxylic acids is 1. The number of aliphatic imine (C=N–C) groups is 1. The molecule has 0 radical (unpaired) electrons. The van der Waals surface area contributed by atoms with Crippen LogP contribution >= 0.6 is 0 Å². The molecule has 0 saturated heterocycles. The minimum absolute atomic E-state index is 0.427. The van der Waals surface area contributed by atoms with Gasteiger partial charge < -0.3 is 9.84 Å². The Morgan fingerprint density at radius 3 is 2.59 bits per heavy atom. The van der Waals surface area contributed by atoms with Crippen molar-refractivity contribution >= 4 is 12.8 Å². The van der Waals surface area contributed by atoms with Crippen LogP contribution in [-0.2, 0) is 4.74 Å². The van der Waals surface area contributed by atoms with Crippen molar-refractivity contribution in [1.29, 1.82) is 0 Å². The van der Waals surface area contributed by atoms with E-state index in [2.05, 4.69) is 17.0 Å². The van der Waals surface area contributed by atoms with Crippen LogP contribution in [0.25, 0.3) is 0 Å². The number of ether oxygens (including phenoxy) is 1. The van der Waals surface area contributed by atoms with Gasteiger partial charge >= 0.3 is 6.09 Å². The first kappa shape index (κ1) is 15.6. The van der Waals surface area contributed by atoms with Crippen molar-refractivity contribution in [2.75, 3.05) is 0 Å². The van der Waals surface area contributed by atoms with E-state index in [1.807, 2.05) is 0 Å². The fourth-order valence-electron chi connectivity index (χ4n) is 1.07. The van der Waals surface area contributed by atoms with Gasteiger partial charge in [0.05, 0.1) is 6.10 Å². The zero-order chi connectivity index (χ0) is 13.5. The summed E-state index contributed by atoms with van der Waals surface area (Å²) in [5.74, 6) is 0. The quantitative estimate of drug-likeness (QED) is 0.726. The minimum Gasteiger partial charge on any atom is -0.444 e. The Labute approximate surface area is 103 Å². The number of carbonyl (C=O) groups is 1. The molecule has 0 spiro atoms. The molecule has 0 bridgehead atoms. The standard InChI is InChI=1S/C12H22N2O3/c1-9(15)6-7-10(8-13-5)14-11(16)17-12(2,3)4/h8-9,15H,5-7H2,1-4H3,(H,14,16)/b10-8+. The fourth-order valence-corrected chi connectivity index (χ4v) is 1.07. The lowest BCUT2D eigenvalue weighted by atomic mass is 10.2. The van der Waals surface area contributed by atoms with E-state index in [1.54, 1.807) is 27.7 Å². The van der Waals surface area contributed by atoms with E-state index in [9.17, 15) is 9.90 Å². The highest BCUT2D eigenvalue weighted by molar-refractivity contribution is 5.69. The Kier molecular flexibility index (Phi) is 6.50. The van der Waals surface area contributed by atoms with Crippen LogP contribution in [-0.4, -0.2) is 29.6 Å². The number of nitrogens with zero attached hydrogens (tertiary/aromatic N) is 1. The van der Waals surface area contributed by atoms with Gasteiger partial charge in [-0.1, -0.05) is 0 Å². The molecule has 0 aromatic carbocycles. The molecule has 0 saturated carbocycles. The number of nitrogens with one attached hydrogen (secondary N) is 1. The number of aliphatic hydroxyl groups is 1. The largest absolute Gasteiger partial charge is 0.444 e. The molecule has 0 aliphatic heterocycles. The Morgan fingerprint density at radius 2 is 2.18 bits per heavy atom. The summed E-state index contributed by atoms with van der Waals surface area (Å²) >= 11 is 0. The van der Waals surface area contributed by atoms with Gasteiger partial charge in [-0.05, 0) is 47.3 Å². The van der Waals surface area contributed by atoms with Crippen LogP contribution in [0.4, 0.5) is 4.79 Å². The SMILES string of the molecule is C=N/C=C(\CCC(C)O)NC(=O)OC(C)(C)C. The molecular formula is C12H22N2O3. The van der Waals surface area contributed by atoms with Gasteiger partial charge in [0.25, 0.3) is 0 Å². The second kappa shape index (κ2) is 7.06. The number of allylic oxidation sites excluding steroid dienone is 1. The van der Waals surface area contributed by atoms with Gasteiger partial charge in [-0.25, -0.2) is 4.79 Å². The first-order valence-corrected chi connectivity index (χ1v) is 5.57. The Morgan fingerprint density at radius 1 is 1.59 bits per heavy atom. The van der Waals surface area contributed by atoms with Crippen molar-refractivity contribution in [2.45, 2.75) is 52.2 Å². The van der Waals surface area contributed by atoms with Gasteiger partial charge in [-0.15, -0.1) is 0 Å². The lowest BCUT2D eigenvalue weighted by molar-refractivity contribution is 0.0542. The summed E-state index contributed by atoms with van der Waals surface area (Å²) in [6.45, 7) is 10.4. The molecule has 0 heterocycles. The molecule has 5 heteroatoms. The Bertz CT molecular complexity index is 291. The predicted octanol–water partition coefficient (Wildman–Crippen LogP) is 2.21. The van der Waals surface area contributed by atoms with Gasteiger partial charge in [0.15, 0.2) is 0 Å². The number of amides is 1. The van der Waals surface area contributed by atoms with Crippen LogP contribution in [0.3, 0.4) is 0 Å². The van der Waals surface area contributed by atoms with Gasteiger partial charge in [0.2, 0.25) is 0 Å². The molecule has 98 valence electrons. The van der Waals surface area contributed by atoms with Crippen LogP contribution in [0.1, 0.15) is 40.5 Å². The molecule has 0 rings (SSSR count). The average Bonchev–Trinajstić information content (AvgIpc) is 2.11. The molecule has 0 aromatic rings. The molecule has 1 unspecified atom stereocenters. The summed E-state index contributed by atoms with van der Waals surface area (Å²) < 4.78 is 5.11. The van der Waals surface area contributed by atoms with Gasteiger partial charge in [0.1, 0.15) is 5.60 Å². The zero-order valence-corrected chi connectivity index (χ0v) is 11.0. The van der Waals surface area contributed by atoms with Crippen molar-refractivity contribution in [3.05, 3.63) is 11.9 Å². The highest BCUT2D eigenvalue weighted by Gasteiger charge is 2.16. The van der Waals surface area contributed by atoms with Gasteiger partial charge in [-0.3, -0.25) is 10.3 Å². The lowest BCUT2D eigenvalue weighted by Gasteiger charge is -2.20. The van der Waals surface area contributed by atoms with Crippen molar-refractivity contribution in [1.82, 2.24) is 5.32 Å². The van der Waals surface area contributed by atoms with E-state index in [0.717, 1.165) is 0 Å². The molecule has 1 atom stereocenters. The van der Waals surface area contributed by atoms with Gasteiger partial charge in [-0.2, -0.15) is 0 Å². The normalized spacial score (nSPS) is 14.1. The van der Waals surface area contributed by atoms with Crippen LogP contribution in [0.15, 0.2) is 16.9 Å². The molecular weight excluding hydrogens is 220 g/mol. The highest BCUT2D eigenvalue weighted by Crippen LogP contribution is 2.09. The number of aliphatic hydroxyl groups excluding tert-OH is 1. The second-order valence-corrected chi connectivity index (χ2v) is 4.85. The van der Waals surface area contributed by atoms with E-state index < -0.39 is 17.8 Å². The summed E-state index contributed by atoms with van der Waals surface area (Å²) in [4.78, 5) is 15.1. The van der Waals surface area contributed by atoms with E-state index in [-0.39, 0.29) is 0 Å². The van der Waals surface area contributed by atoms with E-state index in [0.29, 0.717) is 18.5 Å². The summed E-state index contributed by atoms with van der Waals surface area (Å²) in [5, 5.41) is 11.8. The summed E-state index contributed by atoms with van der Waals surface area (Å²) in [5.41, 5.74) is 0.0382. The van der Waals surface area contributed by atoms with Crippen LogP contribution < -0.4 is 5.32 Å². The molecule has 0 fully saturated rings. The van der Waals surface area contributed by atoms with Gasteiger partial charge in [0, 0.05) is 11.9 Å². The molecule has 17 heavy (non-hydrogen) atoms. The molecule has 0 aliphatic rings. The van der Waals surface area contributed by atoms with E-state index >= 15 is 0 Å². The molecule has 2 N–H and O–H groups in total. The third-order valence-corrected chi connectivity index (χ3v) is 1.74. The Hall–Kier alpha value is -1.36. The third kappa shape index (κ3) is 9.56. The van der Waals surface area contributed by atoms with Crippen molar-refractivity contribution in [2.24, 2.45) is 4.99 Å². The van der Waals surface area contributed by atoms with Crippen LogP contribution in [0.2, 0.25) is 0 Å². The molecule has 0 aliphatic carbocycles. The van der Waals surface area contributed by atoms with Crippen LogP contribution in [0, 0.1) is 0 Å². The van der Waals surface area contributed by atoms with E-state index in [1.165, 1.54) is 6.20 Å². The third-order valence-electron chi connectivity index (χ3n) is 1.74. The zero-order valence-electron chi connectivity index (χ0n) is 11.0. The fraction of sp³-hybridized carbons (Fsp3) is 0.667. The molecule has 1 amide bonds. The topological polar surface area (TPSA) is 70.9 Å². The smallest absolute Gasteiger partial charge is 0.411 e. The second-order valence-electron chi connectivity index (χ2n) is 4.85. The van der Waals surface area contributed by atoms with Crippen molar-refractivity contribution in [3.63, 3.8) is 0 Å². The first-order chi connectivity index (χ1) is 7.74. The number of alkyl carbamates (subject to hydrolysis) is 1. The Balaban J connectivity index is 4.31.